The van der Waals surface area contributed by atoms with Crippen LogP contribution in [-0.4, -0.2) is 32.3 Å². The Balaban J connectivity index is 2.26. The maximum Gasteiger partial charge on any atom is 0.189 e. The molecule has 2 rings (SSSR count). The number of ketones is 1. The van der Waals surface area contributed by atoms with Crippen molar-refractivity contribution in [3.8, 4) is 17.2 Å². The summed E-state index contributed by atoms with van der Waals surface area (Å²) in [6, 6.07) is 7.49. The molecule has 4 N–H and O–H groups in total. The molecule has 2 aromatic rings. The molecule has 2 aromatic carbocycles. The lowest BCUT2D eigenvalue weighted by Crippen LogP contribution is -2.11. The van der Waals surface area contributed by atoms with Crippen LogP contribution >= 0.6 is 0 Å². The van der Waals surface area contributed by atoms with E-state index in [0.29, 0.717) is 28.7 Å². The zero-order chi connectivity index (χ0) is 22.4. The molecule has 0 aliphatic heterocycles. The molecule has 0 fully saturated rings. The number of rotatable bonds is 8. The highest BCUT2D eigenvalue weighted by Gasteiger charge is 2.14. The Hall–Kier alpha value is -3.31. The molecule has 30 heavy (non-hydrogen) atoms. The van der Waals surface area contributed by atoms with E-state index < -0.39 is 11.9 Å². The van der Waals surface area contributed by atoms with Gasteiger partial charge >= 0.3 is 0 Å². The molecule has 0 aliphatic rings. The molecule has 0 heterocycles. The van der Waals surface area contributed by atoms with E-state index in [1.165, 1.54) is 24.3 Å². The van der Waals surface area contributed by atoms with Crippen molar-refractivity contribution in [2.75, 3.05) is 0 Å². The summed E-state index contributed by atoms with van der Waals surface area (Å²) in [5, 5.41) is 40.1. The van der Waals surface area contributed by atoms with Crippen molar-refractivity contribution in [3.63, 3.8) is 0 Å². The van der Waals surface area contributed by atoms with Crippen LogP contribution in [0.2, 0.25) is 0 Å². The Morgan fingerprint density at radius 3 is 2.33 bits per heavy atom. The minimum absolute atomic E-state index is 0.0545. The zero-order valence-electron chi connectivity index (χ0n) is 17.5. The lowest BCUT2D eigenvalue weighted by Gasteiger charge is -2.12. The van der Waals surface area contributed by atoms with Gasteiger partial charge in [-0.2, -0.15) is 0 Å². The average Bonchev–Trinajstić information content (AvgIpc) is 2.67. The largest absolute Gasteiger partial charge is 0.508 e. The summed E-state index contributed by atoms with van der Waals surface area (Å²) in [6.45, 7) is 9.29. The predicted molar refractivity (Wildman–Crippen MR) is 119 cm³/mol. The Bertz CT molecular complexity index is 1010. The fraction of sp³-hybridized carbons (Fsp3) is 0.240. The van der Waals surface area contributed by atoms with Crippen molar-refractivity contribution in [1.82, 2.24) is 0 Å². The number of aliphatic hydroxyl groups is 1. The number of phenolic OH excluding ortho intramolecular Hbond substituents is 3. The van der Waals surface area contributed by atoms with Gasteiger partial charge in [-0.05, 0) is 68.2 Å². The van der Waals surface area contributed by atoms with E-state index in [4.69, 9.17) is 0 Å². The molecule has 0 aliphatic carbocycles. The highest BCUT2D eigenvalue weighted by Crippen LogP contribution is 2.29. The van der Waals surface area contributed by atoms with Gasteiger partial charge in [0, 0.05) is 12.5 Å². The molecule has 0 spiro atoms. The number of hydrogen-bond acceptors (Lipinski definition) is 5. The first-order chi connectivity index (χ1) is 14.1. The van der Waals surface area contributed by atoms with Crippen LogP contribution in [0, 0.1) is 0 Å². The van der Waals surface area contributed by atoms with Gasteiger partial charge in [-0.15, -0.1) is 0 Å². The molecule has 5 heteroatoms. The number of hydrogen-bond donors (Lipinski definition) is 4. The maximum atomic E-state index is 12.6. The van der Waals surface area contributed by atoms with E-state index in [1.807, 2.05) is 19.9 Å². The maximum absolute atomic E-state index is 12.6. The standard InChI is InChI=1S/C25H28O5/c1-15(2)5-8-18-12-20(25(30)14-24(18)29)22(27)10-7-17-6-9-21(26)19(11-17)13-23(28)16(3)4/h5-7,9-12,14,23,26,28-30H,3,8,13H2,1-2,4H3. The second-order valence-corrected chi connectivity index (χ2v) is 7.64. The van der Waals surface area contributed by atoms with Gasteiger partial charge in [-0.25, -0.2) is 0 Å². The SMILES string of the molecule is C=C(C)C(O)Cc1cc(C=CC(=O)c2cc(CC=C(C)C)c(O)cc2O)ccc1O. The normalized spacial score (nSPS) is 12.0. The van der Waals surface area contributed by atoms with Crippen molar-refractivity contribution >= 4 is 11.9 Å². The van der Waals surface area contributed by atoms with Crippen LogP contribution < -0.4 is 0 Å². The summed E-state index contributed by atoms with van der Waals surface area (Å²) in [7, 11) is 0. The molecule has 0 amide bonds. The van der Waals surface area contributed by atoms with E-state index in [-0.39, 0.29) is 29.2 Å². The number of aliphatic hydroxyl groups excluding tert-OH is 1. The summed E-state index contributed by atoms with van der Waals surface area (Å²) in [4.78, 5) is 12.6. The first-order valence-electron chi connectivity index (χ1n) is 9.64. The average molecular weight is 408 g/mol. The number of carbonyl (C=O) groups excluding carboxylic acids is 1. The van der Waals surface area contributed by atoms with Crippen LogP contribution in [0.4, 0.5) is 0 Å². The molecular formula is C25H28O5. The third-order valence-corrected chi connectivity index (χ3v) is 4.71. The van der Waals surface area contributed by atoms with E-state index in [0.717, 1.165) is 5.57 Å². The minimum atomic E-state index is -0.773. The Kier molecular flexibility index (Phi) is 7.61. The molecule has 158 valence electrons. The third kappa shape index (κ3) is 6.09. The molecule has 0 bridgehead atoms. The molecule has 0 saturated heterocycles. The van der Waals surface area contributed by atoms with Crippen LogP contribution in [0.25, 0.3) is 6.08 Å². The van der Waals surface area contributed by atoms with Gasteiger partial charge in [0.05, 0.1) is 11.7 Å². The van der Waals surface area contributed by atoms with Gasteiger partial charge in [0.2, 0.25) is 0 Å². The number of phenols is 3. The van der Waals surface area contributed by atoms with Crippen molar-refractivity contribution in [3.05, 3.63) is 82.5 Å². The zero-order valence-corrected chi connectivity index (χ0v) is 17.5. The second kappa shape index (κ2) is 9.94. The van der Waals surface area contributed by atoms with Crippen molar-refractivity contribution < 1.29 is 25.2 Å². The fourth-order valence-electron chi connectivity index (χ4n) is 2.81. The molecule has 0 radical (unpaired) electrons. The van der Waals surface area contributed by atoms with Crippen LogP contribution in [0.5, 0.6) is 17.2 Å². The monoisotopic (exact) mass is 408 g/mol. The smallest absolute Gasteiger partial charge is 0.189 e. The van der Waals surface area contributed by atoms with Gasteiger partial charge in [0.1, 0.15) is 17.2 Å². The summed E-state index contributed by atoms with van der Waals surface area (Å²) in [5.41, 5.74) is 3.52. The molecule has 1 unspecified atom stereocenters. The minimum Gasteiger partial charge on any atom is -0.508 e. The van der Waals surface area contributed by atoms with Crippen molar-refractivity contribution in [2.45, 2.75) is 39.7 Å². The molecule has 0 saturated carbocycles. The summed E-state index contributed by atoms with van der Waals surface area (Å²) < 4.78 is 0. The Morgan fingerprint density at radius 2 is 1.70 bits per heavy atom. The van der Waals surface area contributed by atoms with Gasteiger partial charge in [-0.3, -0.25) is 4.79 Å². The lowest BCUT2D eigenvalue weighted by molar-refractivity contribution is 0.104. The third-order valence-electron chi connectivity index (χ3n) is 4.71. The fourth-order valence-corrected chi connectivity index (χ4v) is 2.81. The first-order valence-corrected chi connectivity index (χ1v) is 9.64. The van der Waals surface area contributed by atoms with Gasteiger partial charge in [0.15, 0.2) is 5.78 Å². The van der Waals surface area contributed by atoms with E-state index in [9.17, 15) is 25.2 Å². The molecule has 5 nitrogen and oxygen atoms in total. The summed E-state index contributed by atoms with van der Waals surface area (Å²) in [6.07, 6.45) is 4.70. The van der Waals surface area contributed by atoms with Gasteiger partial charge in [0.25, 0.3) is 0 Å². The second-order valence-electron chi connectivity index (χ2n) is 7.64. The lowest BCUT2D eigenvalue weighted by atomic mass is 9.99. The Morgan fingerprint density at radius 1 is 1.00 bits per heavy atom. The summed E-state index contributed by atoms with van der Waals surface area (Å²) >= 11 is 0. The Labute approximate surface area is 177 Å². The van der Waals surface area contributed by atoms with Crippen LogP contribution in [-0.2, 0) is 12.8 Å². The highest BCUT2D eigenvalue weighted by molar-refractivity contribution is 6.08. The van der Waals surface area contributed by atoms with Crippen LogP contribution in [0.3, 0.4) is 0 Å². The quantitative estimate of drug-likeness (QED) is 0.289. The number of aromatic hydroxyl groups is 3. The van der Waals surface area contributed by atoms with Gasteiger partial charge in [-0.1, -0.05) is 35.9 Å². The van der Waals surface area contributed by atoms with E-state index in [2.05, 4.69) is 6.58 Å². The van der Waals surface area contributed by atoms with E-state index in [1.54, 1.807) is 25.1 Å². The van der Waals surface area contributed by atoms with Crippen molar-refractivity contribution in [2.24, 2.45) is 0 Å². The highest BCUT2D eigenvalue weighted by atomic mass is 16.3. The molecular weight excluding hydrogens is 380 g/mol. The molecule has 0 aromatic heterocycles. The van der Waals surface area contributed by atoms with Crippen LogP contribution in [0.1, 0.15) is 47.8 Å². The summed E-state index contributed by atoms with van der Waals surface area (Å²) in [5.74, 6) is -0.717. The van der Waals surface area contributed by atoms with Gasteiger partial charge < -0.3 is 20.4 Å². The van der Waals surface area contributed by atoms with E-state index >= 15 is 0 Å². The van der Waals surface area contributed by atoms with Crippen LogP contribution in [0.15, 0.2) is 60.2 Å². The first kappa shape index (κ1) is 23.0. The molecule has 1 atom stereocenters. The predicted octanol–water partition coefficient (Wildman–Crippen LogP) is 4.69. The van der Waals surface area contributed by atoms with Crippen molar-refractivity contribution in [1.29, 1.82) is 0 Å². The number of benzene rings is 2. The topological polar surface area (TPSA) is 98.0 Å². The number of allylic oxidation sites excluding steroid dienone is 3. The number of carbonyl (C=O) groups is 1.